The predicted molar refractivity (Wildman–Crippen MR) is 84.3 cm³/mol. The lowest BCUT2D eigenvalue weighted by Crippen LogP contribution is -2.39. The van der Waals surface area contributed by atoms with Gasteiger partial charge in [0, 0.05) is 24.7 Å². The Bertz CT molecular complexity index is 724. The van der Waals surface area contributed by atoms with Gasteiger partial charge in [0.15, 0.2) is 0 Å². The smallest absolute Gasteiger partial charge is 0.269 e. The van der Waals surface area contributed by atoms with Gasteiger partial charge >= 0.3 is 0 Å². The van der Waals surface area contributed by atoms with E-state index in [2.05, 4.69) is 19.8 Å². The number of hydrogen-bond donors (Lipinski definition) is 2. The summed E-state index contributed by atoms with van der Waals surface area (Å²) in [7, 11) is 0. The molecule has 2 aromatic heterocycles. The van der Waals surface area contributed by atoms with Crippen LogP contribution in [0, 0.1) is 0 Å². The van der Waals surface area contributed by atoms with Crippen LogP contribution < -0.4 is 5.73 Å². The molecule has 1 unspecified atom stereocenters. The molecule has 23 heavy (non-hydrogen) atoms. The van der Waals surface area contributed by atoms with E-state index in [1.54, 1.807) is 6.07 Å². The summed E-state index contributed by atoms with van der Waals surface area (Å²) in [6.07, 6.45) is 2.53. The van der Waals surface area contributed by atoms with Crippen LogP contribution in [0.1, 0.15) is 57.2 Å². The van der Waals surface area contributed by atoms with Crippen molar-refractivity contribution in [2.75, 3.05) is 13.1 Å². The molecule has 3 rings (SSSR count). The van der Waals surface area contributed by atoms with E-state index in [1.165, 1.54) is 0 Å². The van der Waals surface area contributed by atoms with Gasteiger partial charge in [-0.05, 0) is 36.9 Å². The predicted octanol–water partition coefficient (Wildman–Crippen LogP) is 0.942. The van der Waals surface area contributed by atoms with Gasteiger partial charge in [-0.15, -0.1) is 5.10 Å². The van der Waals surface area contributed by atoms with Gasteiger partial charge in [0.1, 0.15) is 10.6 Å². The van der Waals surface area contributed by atoms with Crippen LogP contribution in [0.2, 0.25) is 0 Å². The molecule has 2 aromatic rings. The molecule has 8 nitrogen and oxygen atoms in total. The number of aromatic amines is 1. The Morgan fingerprint density at radius 2 is 2.35 bits per heavy atom. The van der Waals surface area contributed by atoms with E-state index in [-0.39, 0.29) is 17.5 Å². The first-order valence-corrected chi connectivity index (χ1v) is 8.33. The number of rotatable bonds is 4. The Kier molecular flexibility index (Phi) is 4.37. The Labute approximate surface area is 137 Å². The molecule has 0 spiro atoms. The third-order valence-electron chi connectivity index (χ3n) is 4.08. The van der Waals surface area contributed by atoms with Crippen molar-refractivity contribution in [2.24, 2.45) is 5.73 Å². The molecule has 3 N–H and O–H groups in total. The normalized spacial score (nSPS) is 18.1. The largest absolute Gasteiger partial charge is 0.364 e. The number of aromatic nitrogens is 4. The fraction of sp³-hybridized carbons (Fsp3) is 0.500. The van der Waals surface area contributed by atoms with Crippen LogP contribution in [-0.2, 0) is 6.42 Å². The summed E-state index contributed by atoms with van der Waals surface area (Å²) in [4.78, 5) is 26.3. The fourth-order valence-corrected chi connectivity index (χ4v) is 3.55. The van der Waals surface area contributed by atoms with Gasteiger partial charge in [-0.1, -0.05) is 11.4 Å². The van der Waals surface area contributed by atoms with Gasteiger partial charge in [-0.2, -0.15) is 5.10 Å². The molecule has 122 valence electrons. The number of primary amides is 1. The summed E-state index contributed by atoms with van der Waals surface area (Å²) in [6.45, 7) is 3.26. The van der Waals surface area contributed by atoms with E-state index in [9.17, 15) is 9.59 Å². The van der Waals surface area contributed by atoms with Crippen LogP contribution in [0.15, 0.2) is 6.07 Å². The molecule has 1 saturated heterocycles. The maximum atomic E-state index is 12.7. The van der Waals surface area contributed by atoms with Gasteiger partial charge in [0.2, 0.25) is 0 Å². The number of likely N-dealkylation sites (tertiary alicyclic amines) is 1. The molecule has 1 atom stereocenters. The molecule has 1 aliphatic heterocycles. The molecule has 1 fully saturated rings. The third-order valence-corrected chi connectivity index (χ3v) is 4.84. The zero-order chi connectivity index (χ0) is 16.4. The van der Waals surface area contributed by atoms with E-state index in [0.29, 0.717) is 24.4 Å². The maximum Gasteiger partial charge on any atom is 0.269 e. The number of carbonyl (C=O) groups is 2. The second kappa shape index (κ2) is 6.45. The molecular weight excluding hydrogens is 316 g/mol. The highest BCUT2D eigenvalue weighted by Crippen LogP contribution is 2.27. The second-order valence-corrected chi connectivity index (χ2v) is 6.32. The number of H-pyrrole nitrogens is 1. The summed E-state index contributed by atoms with van der Waals surface area (Å²) in [6, 6.07) is 1.67. The summed E-state index contributed by atoms with van der Waals surface area (Å²) in [5.41, 5.74) is 7.05. The number of piperidine rings is 1. The van der Waals surface area contributed by atoms with Crippen molar-refractivity contribution in [2.45, 2.75) is 32.1 Å². The molecule has 0 aromatic carbocycles. The molecule has 2 amide bonds. The number of hydrogen-bond acceptors (Lipinski definition) is 6. The summed E-state index contributed by atoms with van der Waals surface area (Å²) in [5, 5.41) is 10.8. The van der Waals surface area contributed by atoms with Crippen LogP contribution in [0.5, 0.6) is 0 Å². The zero-order valence-corrected chi connectivity index (χ0v) is 13.6. The summed E-state index contributed by atoms with van der Waals surface area (Å²) < 4.78 is 3.89. The molecule has 1 aliphatic rings. The summed E-state index contributed by atoms with van der Waals surface area (Å²) in [5.74, 6) is -0.449. The number of nitrogens with two attached hydrogens (primary N) is 1. The van der Waals surface area contributed by atoms with Gasteiger partial charge in [-0.25, -0.2) is 0 Å². The number of aryl methyl sites for hydroxylation is 1. The average Bonchev–Trinajstić information content (AvgIpc) is 3.23. The first-order valence-electron chi connectivity index (χ1n) is 7.55. The van der Waals surface area contributed by atoms with Crippen molar-refractivity contribution in [3.63, 3.8) is 0 Å². The SMILES string of the molecule is CCc1nnsc1C(=O)N1CCCC(c2cc(C(N)=O)n[nH]2)C1. The van der Waals surface area contributed by atoms with Crippen molar-refractivity contribution in [3.8, 4) is 0 Å². The Balaban J connectivity index is 1.75. The van der Waals surface area contributed by atoms with E-state index in [0.717, 1.165) is 35.8 Å². The molecule has 0 saturated carbocycles. The number of carbonyl (C=O) groups excluding carboxylic acids is 2. The Hall–Kier alpha value is -2.29. The van der Waals surface area contributed by atoms with Gasteiger partial charge in [0.05, 0.1) is 5.69 Å². The highest BCUT2D eigenvalue weighted by atomic mass is 32.1. The van der Waals surface area contributed by atoms with E-state index in [4.69, 9.17) is 5.73 Å². The van der Waals surface area contributed by atoms with Crippen molar-refractivity contribution in [3.05, 3.63) is 28.0 Å². The quantitative estimate of drug-likeness (QED) is 0.863. The van der Waals surface area contributed by atoms with Gasteiger partial charge in [0.25, 0.3) is 11.8 Å². The maximum absolute atomic E-state index is 12.7. The number of amides is 2. The topological polar surface area (TPSA) is 118 Å². The minimum Gasteiger partial charge on any atom is -0.364 e. The van der Waals surface area contributed by atoms with Crippen LogP contribution in [-0.4, -0.2) is 49.6 Å². The fourth-order valence-electron chi connectivity index (χ4n) is 2.83. The minimum atomic E-state index is -0.556. The Morgan fingerprint density at radius 3 is 3.04 bits per heavy atom. The molecule has 0 bridgehead atoms. The zero-order valence-electron chi connectivity index (χ0n) is 12.8. The lowest BCUT2D eigenvalue weighted by Gasteiger charge is -2.32. The van der Waals surface area contributed by atoms with Crippen LogP contribution in [0.3, 0.4) is 0 Å². The monoisotopic (exact) mass is 334 g/mol. The van der Waals surface area contributed by atoms with Crippen molar-refractivity contribution in [1.82, 2.24) is 24.7 Å². The van der Waals surface area contributed by atoms with E-state index >= 15 is 0 Å². The first kappa shape index (κ1) is 15.6. The standard InChI is InChI=1S/C14H18N6O2S/c1-2-9-12(23-19-18-9)14(22)20-5-3-4-8(7-20)10-6-11(13(15)21)17-16-10/h6,8H,2-5,7H2,1H3,(H2,15,21)(H,16,17). The molecule has 9 heteroatoms. The molecular formula is C14H18N6O2S. The van der Waals surface area contributed by atoms with Crippen molar-refractivity contribution in [1.29, 1.82) is 0 Å². The van der Waals surface area contributed by atoms with Crippen LogP contribution >= 0.6 is 11.5 Å². The summed E-state index contributed by atoms with van der Waals surface area (Å²) >= 11 is 1.15. The highest BCUT2D eigenvalue weighted by Gasteiger charge is 2.29. The minimum absolute atomic E-state index is 0.0174. The lowest BCUT2D eigenvalue weighted by atomic mass is 9.94. The third kappa shape index (κ3) is 3.09. The molecule has 3 heterocycles. The molecule has 0 aliphatic carbocycles. The van der Waals surface area contributed by atoms with Crippen molar-refractivity contribution < 1.29 is 9.59 Å². The van der Waals surface area contributed by atoms with Crippen molar-refractivity contribution >= 4 is 23.3 Å². The van der Waals surface area contributed by atoms with Gasteiger partial charge < -0.3 is 10.6 Å². The lowest BCUT2D eigenvalue weighted by molar-refractivity contribution is 0.0709. The van der Waals surface area contributed by atoms with Gasteiger partial charge in [-0.3, -0.25) is 14.7 Å². The van der Waals surface area contributed by atoms with Crippen LogP contribution in [0.4, 0.5) is 0 Å². The second-order valence-electron chi connectivity index (χ2n) is 5.57. The van der Waals surface area contributed by atoms with E-state index < -0.39 is 5.91 Å². The number of nitrogens with one attached hydrogen (secondary N) is 1. The average molecular weight is 334 g/mol. The molecule has 0 radical (unpaired) electrons. The van der Waals surface area contributed by atoms with E-state index in [1.807, 2.05) is 11.8 Å². The Morgan fingerprint density at radius 1 is 1.52 bits per heavy atom. The highest BCUT2D eigenvalue weighted by molar-refractivity contribution is 7.08. The first-order chi connectivity index (χ1) is 11.1. The number of nitrogens with zero attached hydrogens (tertiary/aromatic N) is 4. The van der Waals surface area contributed by atoms with Crippen LogP contribution in [0.25, 0.3) is 0 Å².